The van der Waals surface area contributed by atoms with E-state index in [0.29, 0.717) is 10.9 Å². The maximum Gasteiger partial charge on any atom is 0.213 e. The molecule has 5 nitrogen and oxygen atoms in total. The smallest absolute Gasteiger partial charge is 0.213 e. The van der Waals surface area contributed by atoms with Crippen LogP contribution in [0.25, 0.3) is 0 Å². The van der Waals surface area contributed by atoms with Crippen LogP contribution in [0.1, 0.15) is 5.56 Å². The lowest BCUT2D eigenvalue weighted by Gasteiger charge is -2.10. The fourth-order valence-electron chi connectivity index (χ4n) is 1.44. The summed E-state index contributed by atoms with van der Waals surface area (Å²) in [5, 5.41) is 3.16. The number of aromatic nitrogens is 2. The number of hydrogen-bond donors (Lipinski definition) is 2. The van der Waals surface area contributed by atoms with Crippen molar-refractivity contribution < 1.29 is 4.74 Å². The van der Waals surface area contributed by atoms with Crippen molar-refractivity contribution in [2.75, 3.05) is 12.4 Å². The minimum Gasteiger partial charge on any atom is -0.481 e. The normalized spacial score (nSPS) is 9.83. The molecule has 0 aromatic carbocycles. The molecule has 2 rings (SSSR count). The molecule has 0 radical (unpaired) electrons. The van der Waals surface area contributed by atoms with E-state index in [9.17, 15) is 0 Å². The molecule has 0 aliphatic carbocycles. The van der Waals surface area contributed by atoms with Gasteiger partial charge in [0, 0.05) is 17.8 Å². The highest BCUT2D eigenvalue weighted by molar-refractivity contribution is 7.80. The molecule has 0 bridgehead atoms. The fraction of sp³-hybridized carbons (Fsp3) is 0.0833. The summed E-state index contributed by atoms with van der Waals surface area (Å²) in [6.07, 6.45) is 4.97. The van der Waals surface area contributed by atoms with E-state index in [-0.39, 0.29) is 0 Å². The lowest BCUT2D eigenvalue weighted by molar-refractivity contribution is 0.398. The molecular formula is C12H12N4OS. The Bertz CT molecular complexity index is 556. The van der Waals surface area contributed by atoms with Gasteiger partial charge < -0.3 is 15.8 Å². The van der Waals surface area contributed by atoms with E-state index in [2.05, 4.69) is 15.3 Å². The molecule has 0 amide bonds. The Morgan fingerprint density at radius 2 is 2.17 bits per heavy atom. The van der Waals surface area contributed by atoms with E-state index in [0.717, 1.165) is 16.9 Å². The van der Waals surface area contributed by atoms with Crippen molar-refractivity contribution in [3.63, 3.8) is 0 Å². The van der Waals surface area contributed by atoms with Crippen LogP contribution in [0, 0.1) is 0 Å². The Hall–Kier alpha value is -2.21. The van der Waals surface area contributed by atoms with Crippen LogP contribution in [0.2, 0.25) is 0 Å². The average molecular weight is 260 g/mol. The highest BCUT2D eigenvalue weighted by Crippen LogP contribution is 2.20. The number of ether oxygens (including phenoxy) is 1. The number of rotatable bonds is 4. The third-order valence-corrected chi connectivity index (χ3v) is 2.53. The monoisotopic (exact) mass is 260 g/mol. The van der Waals surface area contributed by atoms with E-state index in [1.807, 2.05) is 6.07 Å². The topological polar surface area (TPSA) is 73.1 Å². The van der Waals surface area contributed by atoms with Gasteiger partial charge in [0.15, 0.2) is 0 Å². The van der Waals surface area contributed by atoms with Gasteiger partial charge in [0.1, 0.15) is 4.99 Å². The Balaban J connectivity index is 2.25. The first kappa shape index (κ1) is 12.3. The highest BCUT2D eigenvalue weighted by atomic mass is 32.1. The summed E-state index contributed by atoms with van der Waals surface area (Å²) in [5.74, 6) is 0.557. The second-order valence-electron chi connectivity index (χ2n) is 3.50. The van der Waals surface area contributed by atoms with E-state index in [1.54, 1.807) is 37.8 Å². The number of anilines is 2. The predicted molar refractivity (Wildman–Crippen MR) is 74.2 cm³/mol. The lowest BCUT2D eigenvalue weighted by atomic mass is 10.2. The summed E-state index contributed by atoms with van der Waals surface area (Å²) >= 11 is 4.98. The van der Waals surface area contributed by atoms with Crippen molar-refractivity contribution in [1.29, 1.82) is 0 Å². The molecule has 18 heavy (non-hydrogen) atoms. The summed E-state index contributed by atoms with van der Waals surface area (Å²) in [6, 6.07) is 5.38. The number of methoxy groups -OCH3 is 1. The van der Waals surface area contributed by atoms with Crippen molar-refractivity contribution in [2.45, 2.75) is 0 Å². The average Bonchev–Trinajstić information content (AvgIpc) is 2.40. The van der Waals surface area contributed by atoms with E-state index < -0.39 is 0 Å². The van der Waals surface area contributed by atoms with Gasteiger partial charge in [-0.1, -0.05) is 12.2 Å². The van der Waals surface area contributed by atoms with Crippen LogP contribution in [0.4, 0.5) is 11.4 Å². The van der Waals surface area contributed by atoms with Crippen LogP contribution in [0.3, 0.4) is 0 Å². The second-order valence-corrected chi connectivity index (χ2v) is 3.94. The van der Waals surface area contributed by atoms with Crippen molar-refractivity contribution in [2.24, 2.45) is 5.73 Å². The molecule has 0 atom stereocenters. The largest absolute Gasteiger partial charge is 0.481 e. The van der Waals surface area contributed by atoms with Gasteiger partial charge in [-0.25, -0.2) is 4.98 Å². The number of thiocarbonyl (C=S) groups is 1. The zero-order chi connectivity index (χ0) is 13.0. The van der Waals surface area contributed by atoms with Crippen molar-refractivity contribution in [1.82, 2.24) is 9.97 Å². The molecule has 92 valence electrons. The van der Waals surface area contributed by atoms with Crippen LogP contribution in [-0.4, -0.2) is 22.1 Å². The predicted octanol–water partition coefficient (Wildman–Crippen LogP) is 1.86. The van der Waals surface area contributed by atoms with Gasteiger partial charge in [-0.05, 0) is 12.1 Å². The van der Waals surface area contributed by atoms with Gasteiger partial charge in [0.2, 0.25) is 5.88 Å². The van der Waals surface area contributed by atoms with E-state index in [4.69, 9.17) is 22.7 Å². The molecule has 6 heteroatoms. The van der Waals surface area contributed by atoms with Gasteiger partial charge in [-0.15, -0.1) is 0 Å². The molecule has 0 aliphatic heterocycles. The molecule has 0 unspecified atom stereocenters. The molecule has 0 saturated heterocycles. The zero-order valence-corrected chi connectivity index (χ0v) is 10.6. The number of nitrogens with two attached hydrogens (primary N) is 1. The summed E-state index contributed by atoms with van der Waals surface area (Å²) in [4.78, 5) is 8.45. The number of nitrogens with one attached hydrogen (secondary N) is 1. The molecule has 0 fully saturated rings. The van der Waals surface area contributed by atoms with Gasteiger partial charge in [-0.3, -0.25) is 4.98 Å². The molecule has 0 saturated carbocycles. The van der Waals surface area contributed by atoms with Crippen molar-refractivity contribution >= 4 is 28.6 Å². The molecule has 2 aromatic heterocycles. The minimum absolute atomic E-state index is 0.321. The fourth-order valence-corrected chi connectivity index (χ4v) is 1.62. The number of nitrogens with zero attached hydrogens (tertiary/aromatic N) is 2. The van der Waals surface area contributed by atoms with E-state index >= 15 is 0 Å². The molecule has 2 aromatic rings. The number of hydrogen-bond acceptors (Lipinski definition) is 5. The third-order valence-electron chi connectivity index (χ3n) is 2.31. The highest BCUT2D eigenvalue weighted by Gasteiger charge is 2.05. The van der Waals surface area contributed by atoms with Crippen molar-refractivity contribution in [3.05, 3.63) is 42.4 Å². The standard InChI is InChI=1S/C12H12N4OS/c1-17-11-3-2-8(6-15-11)16-10-7-14-5-4-9(10)12(13)18/h2-7,16H,1H3,(H2,13,18). The maximum atomic E-state index is 5.64. The minimum atomic E-state index is 0.321. The van der Waals surface area contributed by atoms with Crippen molar-refractivity contribution in [3.8, 4) is 5.88 Å². The summed E-state index contributed by atoms with van der Waals surface area (Å²) in [5.41, 5.74) is 7.94. The molecule has 0 spiro atoms. The molecule has 0 aliphatic rings. The first-order chi connectivity index (χ1) is 8.70. The second kappa shape index (κ2) is 5.42. The van der Waals surface area contributed by atoms with Crippen LogP contribution < -0.4 is 15.8 Å². The van der Waals surface area contributed by atoms with E-state index in [1.165, 1.54) is 0 Å². The first-order valence-electron chi connectivity index (χ1n) is 5.21. The SMILES string of the molecule is COc1ccc(Nc2cnccc2C(N)=S)cn1. The lowest BCUT2D eigenvalue weighted by Crippen LogP contribution is -2.12. The summed E-state index contributed by atoms with van der Waals surface area (Å²) < 4.78 is 4.99. The van der Waals surface area contributed by atoms with Crippen LogP contribution >= 0.6 is 12.2 Å². The Labute approximate surface area is 110 Å². The first-order valence-corrected chi connectivity index (χ1v) is 5.62. The van der Waals surface area contributed by atoms with Crippen LogP contribution in [0.5, 0.6) is 5.88 Å². The van der Waals surface area contributed by atoms with Gasteiger partial charge in [-0.2, -0.15) is 0 Å². The molecule has 2 heterocycles. The summed E-state index contributed by atoms with van der Waals surface area (Å²) in [6.45, 7) is 0. The maximum absolute atomic E-state index is 5.64. The van der Waals surface area contributed by atoms with Gasteiger partial charge >= 0.3 is 0 Å². The van der Waals surface area contributed by atoms with Gasteiger partial charge in [0.25, 0.3) is 0 Å². The zero-order valence-electron chi connectivity index (χ0n) is 9.75. The molecule has 3 N–H and O–H groups in total. The van der Waals surface area contributed by atoms with Crippen LogP contribution in [0.15, 0.2) is 36.8 Å². The third kappa shape index (κ3) is 2.72. The Kier molecular flexibility index (Phi) is 3.69. The number of pyridine rings is 2. The quantitative estimate of drug-likeness (QED) is 0.817. The molecular weight excluding hydrogens is 248 g/mol. The van der Waals surface area contributed by atoms with Gasteiger partial charge in [0.05, 0.1) is 30.9 Å². The Morgan fingerprint density at radius 3 is 2.78 bits per heavy atom. The van der Waals surface area contributed by atoms with Crippen LogP contribution in [-0.2, 0) is 0 Å². The Morgan fingerprint density at radius 1 is 1.33 bits per heavy atom. The summed E-state index contributed by atoms with van der Waals surface area (Å²) in [7, 11) is 1.57.